The first-order valence-electron chi connectivity index (χ1n) is 6.46. The zero-order valence-corrected chi connectivity index (χ0v) is 12.4. The SMILES string of the molecule is CC(C)(C)c1ccc(C(N)Cc2ccc(F)cc2)s1. The van der Waals surface area contributed by atoms with Crippen molar-refractivity contribution in [3.8, 4) is 0 Å². The van der Waals surface area contributed by atoms with Crippen LogP contribution in [0.2, 0.25) is 0 Å². The standard InChI is InChI=1S/C16H20FNS/c1-16(2,3)15-9-8-14(19-15)13(18)10-11-4-6-12(17)7-5-11/h4-9,13H,10,18H2,1-3H3. The predicted molar refractivity (Wildman–Crippen MR) is 80.1 cm³/mol. The van der Waals surface area contributed by atoms with E-state index in [2.05, 4.69) is 32.9 Å². The van der Waals surface area contributed by atoms with Gasteiger partial charge in [0.25, 0.3) is 0 Å². The van der Waals surface area contributed by atoms with Crippen molar-refractivity contribution in [3.63, 3.8) is 0 Å². The fourth-order valence-electron chi connectivity index (χ4n) is 1.93. The molecule has 2 rings (SSSR count). The summed E-state index contributed by atoms with van der Waals surface area (Å²) in [5.41, 5.74) is 7.47. The third kappa shape index (κ3) is 3.64. The molecule has 102 valence electrons. The van der Waals surface area contributed by atoms with Gasteiger partial charge in [-0.2, -0.15) is 0 Å². The Labute approximate surface area is 118 Å². The summed E-state index contributed by atoms with van der Waals surface area (Å²) in [6.45, 7) is 6.61. The van der Waals surface area contributed by atoms with Gasteiger partial charge in [-0.1, -0.05) is 32.9 Å². The summed E-state index contributed by atoms with van der Waals surface area (Å²) in [6.07, 6.45) is 0.740. The molecule has 0 spiro atoms. The predicted octanol–water partition coefficient (Wildman–Crippen LogP) is 4.43. The normalized spacial score (nSPS) is 13.5. The molecule has 1 aromatic carbocycles. The van der Waals surface area contributed by atoms with E-state index in [9.17, 15) is 4.39 Å². The van der Waals surface area contributed by atoms with Gasteiger partial charge in [0.1, 0.15) is 5.82 Å². The van der Waals surface area contributed by atoms with Crippen molar-refractivity contribution in [2.45, 2.75) is 38.6 Å². The average Bonchev–Trinajstić information content (AvgIpc) is 2.81. The summed E-state index contributed by atoms with van der Waals surface area (Å²) < 4.78 is 12.9. The third-order valence-electron chi connectivity index (χ3n) is 3.10. The number of rotatable bonds is 3. The lowest BCUT2D eigenvalue weighted by Gasteiger charge is -2.16. The lowest BCUT2D eigenvalue weighted by atomic mass is 9.95. The molecule has 2 N–H and O–H groups in total. The molecular weight excluding hydrogens is 257 g/mol. The molecular formula is C16H20FNS. The fraction of sp³-hybridized carbons (Fsp3) is 0.375. The third-order valence-corrected chi connectivity index (χ3v) is 4.74. The van der Waals surface area contributed by atoms with Gasteiger partial charge in [-0.15, -0.1) is 11.3 Å². The number of hydrogen-bond donors (Lipinski definition) is 1. The Morgan fingerprint density at radius 2 is 1.74 bits per heavy atom. The van der Waals surface area contributed by atoms with Crippen molar-refractivity contribution in [3.05, 3.63) is 57.5 Å². The van der Waals surface area contributed by atoms with Crippen LogP contribution in [0.1, 0.15) is 42.1 Å². The molecule has 1 nitrogen and oxygen atoms in total. The van der Waals surface area contributed by atoms with E-state index < -0.39 is 0 Å². The van der Waals surface area contributed by atoms with Gasteiger partial charge in [-0.3, -0.25) is 0 Å². The summed E-state index contributed by atoms with van der Waals surface area (Å²) in [7, 11) is 0. The van der Waals surface area contributed by atoms with E-state index in [1.807, 2.05) is 0 Å². The maximum absolute atomic E-state index is 12.9. The molecule has 1 atom stereocenters. The van der Waals surface area contributed by atoms with Gasteiger partial charge in [-0.25, -0.2) is 4.39 Å². The maximum atomic E-state index is 12.9. The molecule has 1 unspecified atom stereocenters. The Kier molecular flexibility index (Phi) is 4.07. The molecule has 0 fully saturated rings. The van der Waals surface area contributed by atoms with E-state index in [1.165, 1.54) is 21.9 Å². The molecule has 2 aromatic rings. The molecule has 0 aliphatic carbocycles. The van der Waals surface area contributed by atoms with E-state index in [-0.39, 0.29) is 17.3 Å². The fourth-order valence-corrected chi connectivity index (χ4v) is 3.00. The molecule has 19 heavy (non-hydrogen) atoms. The van der Waals surface area contributed by atoms with E-state index in [0.29, 0.717) is 0 Å². The lowest BCUT2D eigenvalue weighted by Crippen LogP contribution is -2.12. The highest BCUT2D eigenvalue weighted by Crippen LogP contribution is 2.32. The summed E-state index contributed by atoms with van der Waals surface area (Å²) in [4.78, 5) is 2.53. The minimum atomic E-state index is -0.205. The Bertz CT molecular complexity index is 537. The first-order valence-corrected chi connectivity index (χ1v) is 7.28. The Morgan fingerprint density at radius 3 is 2.26 bits per heavy atom. The number of nitrogens with two attached hydrogens (primary N) is 1. The Hall–Kier alpha value is -1.19. The number of hydrogen-bond acceptors (Lipinski definition) is 2. The monoisotopic (exact) mass is 277 g/mol. The van der Waals surface area contributed by atoms with Crippen LogP contribution in [-0.4, -0.2) is 0 Å². The second kappa shape index (κ2) is 5.43. The molecule has 3 heteroatoms. The van der Waals surface area contributed by atoms with Gasteiger partial charge in [0.2, 0.25) is 0 Å². The van der Waals surface area contributed by atoms with Crippen LogP contribution >= 0.6 is 11.3 Å². The molecule has 0 saturated carbocycles. The maximum Gasteiger partial charge on any atom is 0.123 e. The molecule has 0 saturated heterocycles. The van der Waals surface area contributed by atoms with Crippen molar-refractivity contribution < 1.29 is 4.39 Å². The second-order valence-corrected chi connectivity index (χ2v) is 7.00. The van der Waals surface area contributed by atoms with Crippen molar-refractivity contribution in [2.24, 2.45) is 5.73 Å². The van der Waals surface area contributed by atoms with Gasteiger partial charge in [0.15, 0.2) is 0 Å². The highest BCUT2D eigenvalue weighted by Gasteiger charge is 2.18. The van der Waals surface area contributed by atoms with E-state index >= 15 is 0 Å². The molecule has 1 heterocycles. The quantitative estimate of drug-likeness (QED) is 0.882. The molecule has 0 amide bonds. The smallest absolute Gasteiger partial charge is 0.123 e. The molecule has 1 aromatic heterocycles. The van der Waals surface area contributed by atoms with Gasteiger partial charge in [0.05, 0.1) is 0 Å². The average molecular weight is 277 g/mol. The van der Waals surface area contributed by atoms with E-state index in [4.69, 9.17) is 5.73 Å². The summed E-state index contributed by atoms with van der Waals surface area (Å²) in [5, 5.41) is 0. The minimum Gasteiger partial charge on any atom is -0.323 e. The van der Waals surface area contributed by atoms with E-state index in [1.54, 1.807) is 23.5 Å². The van der Waals surface area contributed by atoms with Gasteiger partial charge < -0.3 is 5.73 Å². The van der Waals surface area contributed by atoms with Gasteiger partial charge >= 0.3 is 0 Å². The van der Waals surface area contributed by atoms with Crippen LogP contribution in [-0.2, 0) is 11.8 Å². The van der Waals surface area contributed by atoms with Crippen LogP contribution in [0.15, 0.2) is 36.4 Å². The van der Waals surface area contributed by atoms with Gasteiger partial charge in [-0.05, 0) is 41.7 Å². The van der Waals surface area contributed by atoms with Crippen LogP contribution in [0.25, 0.3) is 0 Å². The highest BCUT2D eigenvalue weighted by molar-refractivity contribution is 7.12. The first kappa shape index (κ1) is 14.2. The summed E-state index contributed by atoms with van der Waals surface area (Å²) in [6, 6.07) is 10.8. The topological polar surface area (TPSA) is 26.0 Å². The van der Waals surface area contributed by atoms with Crippen LogP contribution < -0.4 is 5.73 Å². The highest BCUT2D eigenvalue weighted by atomic mass is 32.1. The summed E-state index contributed by atoms with van der Waals surface area (Å²) >= 11 is 1.77. The van der Waals surface area contributed by atoms with Gasteiger partial charge in [0, 0.05) is 15.8 Å². The van der Waals surface area contributed by atoms with Crippen molar-refractivity contribution >= 4 is 11.3 Å². The zero-order valence-electron chi connectivity index (χ0n) is 11.6. The Morgan fingerprint density at radius 1 is 1.11 bits per heavy atom. The number of benzene rings is 1. The van der Waals surface area contributed by atoms with Crippen molar-refractivity contribution in [2.75, 3.05) is 0 Å². The zero-order chi connectivity index (χ0) is 14.0. The second-order valence-electron chi connectivity index (χ2n) is 5.89. The van der Waals surface area contributed by atoms with Crippen molar-refractivity contribution in [1.82, 2.24) is 0 Å². The van der Waals surface area contributed by atoms with Crippen LogP contribution in [0.3, 0.4) is 0 Å². The number of thiophene rings is 1. The summed E-state index contributed by atoms with van der Waals surface area (Å²) in [5.74, 6) is -0.205. The molecule has 0 radical (unpaired) electrons. The molecule has 0 aliphatic heterocycles. The first-order chi connectivity index (χ1) is 8.86. The number of halogens is 1. The lowest BCUT2D eigenvalue weighted by molar-refractivity contribution is 0.604. The minimum absolute atomic E-state index is 0.0217. The van der Waals surface area contributed by atoms with Crippen molar-refractivity contribution in [1.29, 1.82) is 0 Å². The molecule has 0 bridgehead atoms. The van der Waals surface area contributed by atoms with Crippen LogP contribution in [0.5, 0.6) is 0 Å². The van der Waals surface area contributed by atoms with E-state index in [0.717, 1.165) is 12.0 Å². The Balaban J connectivity index is 2.09. The molecule has 0 aliphatic rings. The van der Waals surface area contributed by atoms with Crippen LogP contribution in [0.4, 0.5) is 4.39 Å². The van der Waals surface area contributed by atoms with Crippen LogP contribution in [0, 0.1) is 5.82 Å². The largest absolute Gasteiger partial charge is 0.323 e.